The number of pyridine rings is 1. The van der Waals surface area contributed by atoms with Gasteiger partial charge in [0.15, 0.2) is 0 Å². The number of hydrazine groups is 1. The molecule has 2 aromatic carbocycles. The number of nitrogens with zero attached hydrogens (tertiary/aromatic N) is 3. The van der Waals surface area contributed by atoms with Gasteiger partial charge in [-0.2, -0.15) is 5.01 Å². The van der Waals surface area contributed by atoms with Crippen molar-refractivity contribution < 1.29 is 23.9 Å². The van der Waals surface area contributed by atoms with Crippen LogP contribution in [0.15, 0.2) is 48.5 Å². The predicted octanol–water partition coefficient (Wildman–Crippen LogP) is 1.99. The van der Waals surface area contributed by atoms with Crippen molar-refractivity contribution in [1.29, 1.82) is 0 Å². The molecular formula is C24H20N4O5. The van der Waals surface area contributed by atoms with E-state index in [1.54, 1.807) is 36.4 Å². The van der Waals surface area contributed by atoms with Gasteiger partial charge in [-0.1, -0.05) is 36.4 Å². The third-order valence-electron chi connectivity index (χ3n) is 5.85. The average Bonchev–Trinajstić information content (AvgIpc) is 3.09. The van der Waals surface area contributed by atoms with E-state index < -0.39 is 23.6 Å². The standard InChI is InChI=1S/C24H20N4O5/c1-33-13-17-20-19(15-9-3-4-10-16(15)25-17)22(30)28(23(20)31)26-21(29)24(32)27-12-6-8-14-7-2-5-11-18(14)27/h2-5,7,9-11H,6,8,12-13H2,1H3,(H,26,29). The van der Waals surface area contributed by atoms with E-state index in [0.29, 0.717) is 34.6 Å². The summed E-state index contributed by atoms with van der Waals surface area (Å²) in [5.41, 5.74) is 4.86. The van der Waals surface area contributed by atoms with Gasteiger partial charge in [0.25, 0.3) is 11.8 Å². The highest BCUT2D eigenvalue weighted by molar-refractivity contribution is 6.41. The van der Waals surface area contributed by atoms with Gasteiger partial charge in [-0.05, 0) is 30.5 Å². The van der Waals surface area contributed by atoms with Crippen LogP contribution in [0.5, 0.6) is 0 Å². The third-order valence-corrected chi connectivity index (χ3v) is 5.85. The minimum atomic E-state index is -1.06. The number of nitrogens with one attached hydrogen (secondary N) is 1. The average molecular weight is 444 g/mol. The summed E-state index contributed by atoms with van der Waals surface area (Å²) < 4.78 is 5.16. The highest BCUT2D eigenvalue weighted by atomic mass is 16.5. The zero-order valence-corrected chi connectivity index (χ0v) is 17.8. The van der Waals surface area contributed by atoms with Gasteiger partial charge in [-0.3, -0.25) is 19.2 Å². The van der Waals surface area contributed by atoms with Crippen molar-refractivity contribution in [2.45, 2.75) is 19.4 Å². The fourth-order valence-electron chi connectivity index (χ4n) is 4.39. The van der Waals surface area contributed by atoms with E-state index >= 15 is 0 Å². The van der Waals surface area contributed by atoms with Gasteiger partial charge in [0.05, 0.1) is 28.9 Å². The molecule has 1 aromatic heterocycles. The first kappa shape index (κ1) is 20.8. The van der Waals surface area contributed by atoms with Crippen molar-refractivity contribution in [3.63, 3.8) is 0 Å². The van der Waals surface area contributed by atoms with Crippen molar-refractivity contribution in [3.05, 3.63) is 70.9 Å². The number of imide groups is 1. The molecule has 166 valence electrons. The Morgan fingerprint density at radius 1 is 1.03 bits per heavy atom. The molecule has 33 heavy (non-hydrogen) atoms. The van der Waals surface area contributed by atoms with Crippen molar-refractivity contribution in [3.8, 4) is 0 Å². The number of carbonyl (C=O) groups excluding carboxylic acids is 4. The summed E-state index contributed by atoms with van der Waals surface area (Å²) in [6.07, 6.45) is 1.52. The molecule has 0 bridgehead atoms. The molecule has 0 saturated carbocycles. The Kier molecular flexibility index (Phi) is 5.10. The van der Waals surface area contributed by atoms with Crippen LogP contribution in [0.3, 0.4) is 0 Å². The van der Waals surface area contributed by atoms with Crippen LogP contribution in [0, 0.1) is 0 Å². The van der Waals surface area contributed by atoms with Crippen LogP contribution >= 0.6 is 0 Å². The number of fused-ring (bicyclic) bond motifs is 4. The molecule has 9 heteroatoms. The van der Waals surface area contributed by atoms with Crippen molar-refractivity contribution in [1.82, 2.24) is 15.4 Å². The summed E-state index contributed by atoms with van der Waals surface area (Å²) in [6, 6.07) is 14.3. The van der Waals surface area contributed by atoms with Crippen LogP contribution in [0.25, 0.3) is 10.9 Å². The summed E-state index contributed by atoms with van der Waals surface area (Å²) >= 11 is 0. The molecule has 2 aliphatic rings. The van der Waals surface area contributed by atoms with E-state index in [1.807, 2.05) is 12.1 Å². The number of hydrogen-bond donors (Lipinski definition) is 1. The zero-order chi connectivity index (χ0) is 23.1. The van der Waals surface area contributed by atoms with E-state index in [-0.39, 0.29) is 23.4 Å². The molecule has 0 unspecified atom stereocenters. The number of methoxy groups -OCH3 is 1. The molecule has 1 N–H and O–H groups in total. The lowest BCUT2D eigenvalue weighted by Gasteiger charge is -2.29. The second-order valence-corrected chi connectivity index (χ2v) is 7.83. The second-order valence-electron chi connectivity index (χ2n) is 7.83. The largest absolute Gasteiger partial charge is 0.378 e. The molecule has 3 heterocycles. The monoisotopic (exact) mass is 444 g/mol. The molecule has 0 saturated heterocycles. The molecule has 0 radical (unpaired) electrons. The Balaban J connectivity index is 1.46. The van der Waals surface area contributed by atoms with Gasteiger partial charge in [0.2, 0.25) is 0 Å². The smallest absolute Gasteiger partial charge is 0.328 e. The molecule has 2 aliphatic heterocycles. The minimum Gasteiger partial charge on any atom is -0.378 e. The van der Waals surface area contributed by atoms with E-state index in [4.69, 9.17) is 4.74 Å². The Morgan fingerprint density at radius 3 is 2.58 bits per heavy atom. The number of rotatable bonds is 3. The van der Waals surface area contributed by atoms with Gasteiger partial charge < -0.3 is 9.64 Å². The normalized spacial score (nSPS) is 14.9. The molecule has 9 nitrogen and oxygen atoms in total. The van der Waals surface area contributed by atoms with Crippen molar-refractivity contribution in [2.75, 3.05) is 18.6 Å². The summed E-state index contributed by atoms with van der Waals surface area (Å²) in [5.74, 6) is -3.36. The fraction of sp³-hybridized carbons (Fsp3) is 0.208. The minimum absolute atomic E-state index is 0.0114. The van der Waals surface area contributed by atoms with Crippen molar-refractivity contribution >= 4 is 40.2 Å². The van der Waals surface area contributed by atoms with Crippen LogP contribution < -0.4 is 10.3 Å². The topological polar surface area (TPSA) is 109 Å². The summed E-state index contributed by atoms with van der Waals surface area (Å²) in [5, 5.41) is 1.08. The van der Waals surface area contributed by atoms with Gasteiger partial charge in [0, 0.05) is 24.7 Å². The molecule has 0 fully saturated rings. The van der Waals surface area contributed by atoms with Crippen LogP contribution in [-0.2, 0) is 27.4 Å². The third kappa shape index (κ3) is 3.33. The van der Waals surface area contributed by atoms with Gasteiger partial charge >= 0.3 is 11.8 Å². The van der Waals surface area contributed by atoms with Crippen LogP contribution in [0.1, 0.15) is 38.4 Å². The summed E-state index contributed by atoms with van der Waals surface area (Å²) in [4.78, 5) is 58.0. The summed E-state index contributed by atoms with van der Waals surface area (Å²) in [6.45, 7) is 0.384. The Labute approximate surface area is 188 Å². The molecular weight excluding hydrogens is 424 g/mol. The lowest BCUT2D eigenvalue weighted by molar-refractivity contribution is -0.139. The van der Waals surface area contributed by atoms with Gasteiger partial charge in [0.1, 0.15) is 0 Å². The molecule has 4 amide bonds. The molecule has 0 aliphatic carbocycles. The zero-order valence-electron chi connectivity index (χ0n) is 17.8. The van der Waals surface area contributed by atoms with Gasteiger partial charge in [-0.25, -0.2) is 10.4 Å². The molecule has 0 spiro atoms. The Hall–Kier alpha value is -4.11. The maximum atomic E-state index is 13.2. The van der Waals surface area contributed by atoms with Crippen LogP contribution in [0.2, 0.25) is 0 Å². The molecule has 5 rings (SSSR count). The number of amides is 4. The number of para-hydroxylation sites is 2. The number of ether oxygens (including phenoxy) is 1. The quantitative estimate of drug-likeness (QED) is 0.489. The number of carbonyl (C=O) groups is 4. The SMILES string of the molecule is COCc1nc2ccccc2c2c1C(=O)N(NC(=O)C(=O)N1CCCc3ccccc31)C2=O. The number of aryl methyl sites for hydroxylation is 1. The van der Waals surface area contributed by atoms with Crippen molar-refractivity contribution in [2.24, 2.45) is 0 Å². The second kappa shape index (κ2) is 8.10. The number of benzene rings is 2. The maximum Gasteiger partial charge on any atom is 0.328 e. The lowest BCUT2D eigenvalue weighted by Crippen LogP contribution is -2.53. The number of anilines is 1. The first-order valence-electron chi connectivity index (χ1n) is 10.5. The maximum absolute atomic E-state index is 13.2. The van der Waals surface area contributed by atoms with Crippen LogP contribution in [-0.4, -0.2) is 47.3 Å². The first-order valence-corrected chi connectivity index (χ1v) is 10.5. The van der Waals surface area contributed by atoms with Gasteiger partial charge in [-0.15, -0.1) is 0 Å². The number of aromatic nitrogens is 1. The van der Waals surface area contributed by atoms with E-state index in [1.165, 1.54) is 12.0 Å². The fourth-order valence-corrected chi connectivity index (χ4v) is 4.39. The number of hydrogen-bond acceptors (Lipinski definition) is 6. The van der Waals surface area contributed by atoms with E-state index in [0.717, 1.165) is 12.0 Å². The summed E-state index contributed by atoms with van der Waals surface area (Å²) in [7, 11) is 1.46. The first-order chi connectivity index (χ1) is 16.0. The van der Waals surface area contributed by atoms with E-state index in [2.05, 4.69) is 10.4 Å². The highest BCUT2D eigenvalue weighted by Crippen LogP contribution is 2.31. The lowest BCUT2D eigenvalue weighted by atomic mass is 10.0. The molecule has 0 atom stereocenters. The Bertz CT molecular complexity index is 1340. The Morgan fingerprint density at radius 2 is 1.76 bits per heavy atom. The predicted molar refractivity (Wildman–Crippen MR) is 118 cm³/mol. The van der Waals surface area contributed by atoms with Crippen LogP contribution in [0.4, 0.5) is 5.69 Å². The highest BCUT2D eigenvalue weighted by Gasteiger charge is 2.42. The molecule has 3 aromatic rings. The van der Waals surface area contributed by atoms with E-state index in [9.17, 15) is 19.2 Å².